The molecule has 1 unspecified atom stereocenters. The summed E-state index contributed by atoms with van der Waals surface area (Å²) in [5.74, 6) is 0. The number of rotatable bonds is 6. The topological polar surface area (TPSA) is 58.6 Å². The largest absolute Gasteiger partial charge is 0.342 e. The van der Waals surface area contributed by atoms with Crippen LogP contribution in [0.15, 0.2) is 12.7 Å². The van der Waals surface area contributed by atoms with Crippen molar-refractivity contribution in [3.05, 3.63) is 12.7 Å². The lowest BCUT2D eigenvalue weighted by Crippen LogP contribution is -2.15. The second kappa shape index (κ2) is 5.49. The summed E-state index contributed by atoms with van der Waals surface area (Å²) in [5, 5.41) is 2.73. The Morgan fingerprint density at radius 2 is 2.45 bits per heavy atom. The zero-order chi connectivity index (χ0) is 8.74. The second-order valence-electron chi connectivity index (χ2n) is 1.98. The van der Waals surface area contributed by atoms with E-state index in [2.05, 4.69) is 16.4 Å². The van der Waals surface area contributed by atoms with E-state index in [9.17, 15) is 4.57 Å². The molecule has 0 spiro atoms. The first-order chi connectivity index (χ1) is 5.12. The van der Waals surface area contributed by atoms with Crippen LogP contribution in [0, 0.1) is 0 Å². The quantitative estimate of drug-likeness (QED) is 0.470. The average Bonchev–Trinajstić information content (AvgIpc) is 1.97. The van der Waals surface area contributed by atoms with Crippen LogP contribution in [0.2, 0.25) is 0 Å². The first-order valence-corrected chi connectivity index (χ1v) is 5.16. The monoisotopic (exact) mass is 179 g/mol. The van der Waals surface area contributed by atoms with E-state index in [1.165, 1.54) is 6.08 Å². The molecule has 0 saturated carbocycles. The van der Waals surface area contributed by atoms with Crippen LogP contribution in [-0.2, 0) is 9.09 Å². The highest BCUT2D eigenvalue weighted by atomic mass is 31.2. The number of nitrogens with one attached hydrogen (secondary N) is 1. The molecular weight excluding hydrogens is 165 g/mol. The second-order valence-corrected chi connectivity index (χ2v) is 3.83. The van der Waals surface area contributed by atoms with Crippen LogP contribution in [0.1, 0.15) is 6.92 Å². The molecule has 0 aromatic rings. The maximum absolute atomic E-state index is 11.0. The van der Waals surface area contributed by atoms with Gasteiger partial charge in [0.05, 0.1) is 12.9 Å². The summed E-state index contributed by atoms with van der Waals surface area (Å²) >= 11 is 0. The summed E-state index contributed by atoms with van der Waals surface area (Å²) in [4.78, 5) is 9.00. The lowest BCUT2D eigenvalue weighted by molar-refractivity contribution is 0.285. The fraction of sp³-hybridized carbons (Fsp3) is 0.667. The van der Waals surface area contributed by atoms with Crippen LogP contribution in [0.4, 0.5) is 0 Å². The van der Waals surface area contributed by atoms with Crippen LogP contribution >= 0.6 is 7.60 Å². The molecule has 0 aliphatic heterocycles. The third-order valence-electron chi connectivity index (χ3n) is 0.956. The normalized spacial score (nSPS) is 15.8. The first kappa shape index (κ1) is 10.8. The van der Waals surface area contributed by atoms with Gasteiger partial charge in [-0.05, 0) is 6.54 Å². The Morgan fingerprint density at radius 3 is 2.91 bits per heavy atom. The van der Waals surface area contributed by atoms with Gasteiger partial charge in [0.2, 0.25) is 0 Å². The maximum Gasteiger partial charge on any atom is 0.342 e. The zero-order valence-electron chi connectivity index (χ0n) is 6.62. The van der Waals surface area contributed by atoms with Crippen molar-refractivity contribution < 1.29 is 14.0 Å². The Morgan fingerprint density at radius 1 is 1.82 bits per heavy atom. The third-order valence-corrected chi connectivity index (χ3v) is 2.13. The smallest absolute Gasteiger partial charge is 0.323 e. The minimum atomic E-state index is -3.41. The number of hydrogen-bond acceptors (Lipinski definition) is 3. The Balaban J connectivity index is 3.61. The Hall–Kier alpha value is -0.150. The molecule has 0 aliphatic carbocycles. The molecule has 66 valence electrons. The van der Waals surface area contributed by atoms with Crippen molar-refractivity contribution in [1.29, 1.82) is 0 Å². The average molecular weight is 179 g/mol. The Kier molecular flexibility index (Phi) is 5.42. The highest BCUT2D eigenvalue weighted by Crippen LogP contribution is 2.39. The van der Waals surface area contributed by atoms with E-state index in [4.69, 9.17) is 4.89 Å². The first-order valence-electron chi connectivity index (χ1n) is 3.40. The van der Waals surface area contributed by atoms with Crippen molar-refractivity contribution in [2.24, 2.45) is 0 Å². The van der Waals surface area contributed by atoms with Gasteiger partial charge in [0.25, 0.3) is 0 Å². The third kappa shape index (κ3) is 6.26. The van der Waals surface area contributed by atoms with E-state index in [1.54, 1.807) is 0 Å². The predicted octanol–water partition coefficient (Wildman–Crippen LogP) is 0.941. The molecule has 0 fully saturated rings. The van der Waals surface area contributed by atoms with Crippen molar-refractivity contribution >= 4 is 7.60 Å². The van der Waals surface area contributed by atoms with E-state index in [1.807, 2.05) is 6.92 Å². The van der Waals surface area contributed by atoms with Gasteiger partial charge < -0.3 is 14.7 Å². The van der Waals surface area contributed by atoms with E-state index >= 15 is 0 Å². The van der Waals surface area contributed by atoms with Gasteiger partial charge >= 0.3 is 7.60 Å². The van der Waals surface area contributed by atoms with E-state index in [-0.39, 0.29) is 12.9 Å². The summed E-state index contributed by atoms with van der Waals surface area (Å²) in [5.41, 5.74) is 0. The summed E-state index contributed by atoms with van der Waals surface area (Å²) in [6.45, 7) is 5.99. The van der Waals surface area contributed by atoms with Crippen LogP contribution < -0.4 is 5.32 Å². The highest BCUT2D eigenvalue weighted by Gasteiger charge is 2.16. The molecule has 0 rings (SSSR count). The molecule has 5 heteroatoms. The van der Waals surface area contributed by atoms with Gasteiger partial charge in [0.15, 0.2) is 0 Å². The van der Waals surface area contributed by atoms with Gasteiger partial charge in [-0.15, -0.1) is 6.58 Å². The summed E-state index contributed by atoms with van der Waals surface area (Å²) in [6.07, 6.45) is 1.44. The van der Waals surface area contributed by atoms with Gasteiger partial charge in [-0.3, -0.25) is 4.57 Å². The Labute approximate surface area is 66.8 Å². The zero-order valence-corrected chi connectivity index (χ0v) is 7.51. The van der Waals surface area contributed by atoms with Crippen LogP contribution in [-0.4, -0.2) is 24.3 Å². The van der Waals surface area contributed by atoms with E-state index in [0.717, 1.165) is 0 Å². The van der Waals surface area contributed by atoms with Gasteiger partial charge in [0.1, 0.15) is 0 Å². The summed E-state index contributed by atoms with van der Waals surface area (Å²) in [7, 11) is -3.41. The predicted molar refractivity (Wildman–Crippen MR) is 44.5 cm³/mol. The fourth-order valence-electron chi connectivity index (χ4n) is 0.468. The molecule has 1 atom stereocenters. The number of hydrogen-bond donors (Lipinski definition) is 2. The van der Waals surface area contributed by atoms with Crippen molar-refractivity contribution in [3.63, 3.8) is 0 Å². The van der Waals surface area contributed by atoms with Crippen molar-refractivity contribution in [2.75, 3.05) is 19.4 Å². The molecule has 0 aromatic carbocycles. The van der Waals surface area contributed by atoms with Crippen LogP contribution in [0.5, 0.6) is 0 Å². The molecule has 0 amide bonds. The SMILES string of the molecule is C=CCOP(=O)(O)CNCC. The minimum Gasteiger partial charge on any atom is -0.323 e. The van der Waals surface area contributed by atoms with Gasteiger partial charge in [-0.1, -0.05) is 13.0 Å². The maximum atomic E-state index is 11.0. The lowest BCUT2D eigenvalue weighted by Gasteiger charge is -2.10. The molecular formula is C6H14NO3P. The Bertz CT molecular complexity index is 160. The molecule has 11 heavy (non-hydrogen) atoms. The minimum absolute atomic E-state index is 0.00264. The molecule has 0 saturated heterocycles. The standard InChI is InChI=1S/C6H14NO3P/c1-3-5-10-11(8,9)6-7-4-2/h3,7H,1,4-6H2,2H3,(H,8,9). The van der Waals surface area contributed by atoms with Crippen LogP contribution in [0.25, 0.3) is 0 Å². The summed E-state index contributed by atoms with van der Waals surface area (Å²) in [6, 6.07) is 0. The molecule has 4 nitrogen and oxygen atoms in total. The summed E-state index contributed by atoms with van der Waals surface area (Å²) < 4.78 is 15.6. The molecule has 0 bridgehead atoms. The van der Waals surface area contributed by atoms with Crippen molar-refractivity contribution in [1.82, 2.24) is 5.32 Å². The van der Waals surface area contributed by atoms with Gasteiger partial charge in [-0.2, -0.15) is 0 Å². The van der Waals surface area contributed by atoms with Crippen molar-refractivity contribution in [3.8, 4) is 0 Å². The molecule has 2 N–H and O–H groups in total. The fourth-order valence-corrected chi connectivity index (χ4v) is 1.40. The van der Waals surface area contributed by atoms with Crippen LogP contribution in [0.3, 0.4) is 0 Å². The molecule has 0 aliphatic rings. The van der Waals surface area contributed by atoms with E-state index in [0.29, 0.717) is 6.54 Å². The van der Waals surface area contributed by atoms with E-state index < -0.39 is 7.60 Å². The van der Waals surface area contributed by atoms with Gasteiger partial charge in [-0.25, -0.2) is 0 Å². The highest BCUT2D eigenvalue weighted by molar-refractivity contribution is 7.52. The molecule has 0 radical (unpaired) electrons. The molecule has 0 aromatic heterocycles. The lowest BCUT2D eigenvalue weighted by atomic mass is 10.7. The molecule has 0 heterocycles. The van der Waals surface area contributed by atoms with Gasteiger partial charge in [0, 0.05) is 0 Å². The van der Waals surface area contributed by atoms with Crippen molar-refractivity contribution in [2.45, 2.75) is 6.92 Å².